The molecule has 0 amide bonds. The lowest BCUT2D eigenvalue weighted by Gasteiger charge is -2.12. The maximum absolute atomic E-state index is 12.6. The third-order valence-corrected chi connectivity index (χ3v) is 3.85. The van der Waals surface area contributed by atoms with E-state index in [4.69, 9.17) is 18.6 Å². The van der Waals surface area contributed by atoms with Gasteiger partial charge in [0.2, 0.25) is 11.2 Å². The number of esters is 1. The number of rotatable bonds is 6. The van der Waals surface area contributed by atoms with Crippen LogP contribution in [0.15, 0.2) is 57.9 Å². The number of ether oxygens (including phenoxy) is 4. The van der Waals surface area contributed by atoms with Crippen molar-refractivity contribution in [3.8, 4) is 23.0 Å². The van der Waals surface area contributed by atoms with Crippen LogP contribution in [0.4, 0.5) is 0 Å². The van der Waals surface area contributed by atoms with Crippen molar-refractivity contribution >= 4 is 16.9 Å². The third kappa shape index (κ3) is 4.03. The van der Waals surface area contributed by atoms with E-state index >= 15 is 0 Å². The van der Waals surface area contributed by atoms with Gasteiger partial charge in [0.15, 0.2) is 6.10 Å². The van der Waals surface area contributed by atoms with Crippen molar-refractivity contribution in [3.05, 3.63) is 59.0 Å². The van der Waals surface area contributed by atoms with Gasteiger partial charge in [-0.25, -0.2) is 4.79 Å². The van der Waals surface area contributed by atoms with Crippen LogP contribution < -0.4 is 19.6 Å². The summed E-state index contributed by atoms with van der Waals surface area (Å²) in [6, 6.07) is 11.5. The highest BCUT2D eigenvalue weighted by Gasteiger charge is 2.16. The summed E-state index contributed by atoms with van der Waals surface area (Å²) in [6.45, 7) is 1.57. The third-order valence-electron chi connectivity index (χ3n) is 3.85. The number of hydrogen-bond acceptors (Lipinski definition) is 7. The first kappa shape index (κ1) is 18.3. The van der Waals surface area contributed by atoms with Crippen LogP contribution in [0.2, 0.25) is 0 Å². The number of carbonyl (C=O) groups excluding carboxylic acids is 1. The van der Waals surface area contributed by atoms with E-state index in [0.717, 1.165) is 0 Å². The molecule has 27 heavy (non-hydrogen) atoms. The van der Waals surface area contributed by atoms with Crippen molar-refractivity contribution < 1.29 is 28.2 Å². The molecule has 0 aliphatic carbocycles. The highest BCUT2D eigenvalue weighted by atomic mass is 16.6. The molecule has 1 heterocycles. The molecule has 1 aromatic heterocycles. The van der Waals surface area contributed by atoms with Crippen molar-refractivity contribution in [3.63, 3.8) is 0 Å². The van der Waals surface area contributed by atoms with Crippen molar-refractivity contribution in [1.82, 2.24) is 0 Å². The summed E-state index contributed by atoms with van der Waals surface area (Å²) in [5.41, 5.74) is -0.00344. The Bertz CT molecular complexity index is 1010. The van der Waals surface area contributed by atoms with Crippen LogP contribution in [-0.2, 0) is 9.53 Å². The lowest BCUT2D eigenvalue weighted by atomic mass is 10.2. The van der Waals surface area contributed by atoms with E-state index in [-0.39, 0.29) is 11.2 Å². The molecule has 7 heteroatoms. The summed E-state index contributed by atoms with van der Waals surface area (Å²) in [5.74, 6) is 1.10. The summed E-state index contributed by atoms with van der Waals surface area (Å²) in [5, 5.41) is 0.332. The standard InChI is InChI=1S/C20H18O7/c1-12(20(22)24-3)26-15-8-9-16-17(10-15)25-11-18(19(16)21)27-14-6-4-13(23-2)5-7-14/h4-12H,1-3H3/t12-/m1/s1. The average Bonchev–Trinajstić information content (AvgIpc) is 2.70. The summed E-state index contributed by atoms with van der Waals surface area (Å²) in [7, 11) is 2.85. The number of methoxy groups -OCH3 is 2. The maximum atomic E-state index is 12.6. The Kier molecular flexibility index (Phi) is 5.30. The number of benzene rings is 2. The van der Waals surface area contributed by atoms with Crippen LogP contribution in [0.25, 0.3) is 11.0 Å². The lowest BCUT2D eigenvalue weighted by molar-refractivity contribution is -0.147. The molecule has 0 fully saturated rings. The molecule has 0 unspecified atom stereocenters. The summed E-state index contributed by atoms with van der Waals surface area (Å²) in [4.78, 5) is 24.1. The molecule has 0 saturated heterocycles. The van der Waals surface area contributed by atoms with Gasteiger partial charge in [-0.15, -0.1) is 0 Å². The fourth-order valence-corrected chi connectivity index (χ4v) is 2.42. The second-order valence-corrected chi connectivity index (χ2v) is 5.65. The fourth-order valence-electron chi connectivity index (χ4n) is 2.42. The second-order valence-electron chi connectivity index (χ2n) is 5.65. The van der Waals surface area contributed by atoms with E-state index in [1.54, 1.807) is 50.4 Å². The Hall–Kier alpha value is -3.48. The van der Waals surface area contributed by atoms with E-state index in [1.807, 2.05) is 0 Å². The summed E-state index contributed by atoms with van der Waals surface area (Å²) in [6.07, 6.45) is 0.458. The zero-order chi connectivity index (χ0) is 19.4. The average molecular weight is 370 g/mol. The van der Waals surface area contributed by atoms with Gasteiger partial charge in [0, 0.05) is 6.07 Å². The minimum absolute atomic E-state index is 0.0595. The molecule has 140 valence electrons. The normalized spacial score (nSPS) is 11.7. The van der Waals surface area contributed by atoms with Gasteiger partial charge >= 0.3 is 5.97 Å². The van der Waals surface area contributed by atoms with Crippen LogP contribution in [-0.4, -0.2) is 26.3 Å². The molecule has 0 bridgehead atoms. The van der Waals surface area contributed by atoms with Gasteiger partial charge in [0.1, 0.15) is 29.1 Å². The molecule has 0 aliphatic rings. The first-order valence-electron chi connectivity index (χ1n) is 8.13. The molecule has 3 rings (SSSR count). The highest BCUT2D eigenvalue weighted by molar-refractivity contribution is 5.79. The molecule has 3 aromatic rings. The number of fused-ring (bicyclic) bond motifs is 1. The molecule has 0 spiro atoms. The highest BCUT2D eigenvalue weighted by Crippen LogP contribution is 2.25. The van der Waals surface area contributed by atoms with Crippen LogP contribution in [0.5, 0.6) is 23.0 Å². The fraction of sp³-hybridized carbons (Fsp3) is 0.200. The number of carbonyl (C=O) groups is 1. The van der Waals surface area contributed by atoms with Gasteiger partial charge in [-0.3, -0.25) is 4.79 Å². The molecular weight excluding hydrogens is 352 g/mol. The van der Waals surface area contributed by atoms with Crippen molar-refractivity contribution in [1.29, 1.82) is 0 Å². The Balaban J connectivity index is 1.85. The smallest absolute Gasteiger partial charge is 0.346 e. The molecule has 0 N–H and O–H groups in total. The zero-order valence-electron chi connectivity index (χ0n) is 15.1. The largest absolute Gasteiger partial charge is 0.497 e. The van der Waals surface area contributed by atoms with Crippen LogP contribution >= 0.6 is 0 Å². The quantitative estimate of drug-likeness (QED) is 0.614. The molecule has 7 nitrogen and oxygen atoms in total. The first-order valence-corrected chi connectivity index (χ1v) is 8.13. The van der Waals surface area contributed by atoms with E-state index < -0.39 is 12.1 Å². The van der Waals surface area contributed by atoms with Crippen molar-refractivity contribution in [2.24, 2.45) is 0 Å². The van der Waals surface area contributed by atoms with E-state index in [9.17, 15) is 9.59 Å². The van der Waals surface area contributed by atoms with Crippen LogP contribution in [0.1, 0.15) is 6.92 Å². The molecule has 2 aromatic carbocycles. The zero-order valence-corrected chi connectivity index (χ0v) is 15.1. The monoisotopic (exact) mass is 370 g/mol. The van der Waals surface area contributed by atoms with Gasteiger partial charge in [0.05, 0.1) is 19.6 Å². The van der Waals surface area contributed by atoms with Crippen molar-refractivity contribution in [2.75, 3.05) is 14.2 Å². The second kappa shape index (κ2) is 7.82. The minimum atomic E-state index is -0.781. The predicted molar refractivity (Wildman–Crippen MR) is 97.7 cm³/mol. The molecule has 0 radical (unpaired) electrons. The minimum Gasteiger partial charge on any atom is -0.497 e. The number of hydrogen-bond donors (Lipinski definition) is 0. The summed E-state index contributed by atoms with van der Waals surface area (Å²) >= 11 is 0. The Morgan fingerprint density at radius 1 is 1.00 bits per heavy atom. The van der Waals surface area contributed by atoms with Gasteiger partial charge in [-0.1, -0.05) is 0 Å². The van der Waals surface area contributed by atoms with Crippen molar-refractivity contribution in [2.45, 2.75) is 13.0 Å². The Labute approximate surface area is 155 Å². The summed E-state index contributed by atoms with van der Waals surface area (Å²) < 4.78 is 26.3. The van der Waals surface area contributed by atoms with Crippen LogP contribution in [0.3, 0.4) is 0 Å². The first-order chi connectivity index (χ1) is 13.0. The molecular formula is C20H18O7. The molecule has 0 aliphatic heterocycles. The van der Waals surface area contributed by atoms with E-state index in [0.29, 0.717) is 28.2 Å². The van der Waals surface area contributed by atoms with Crippen LogP contribution in [0, 0.1) is 0 Å². The SMILES string of the molecule is COC(=O)[C@@H](C)Oc1ccc2c(=O)c(Oc3ccc(OC)cc3)coc2c1. The van der Waals surface area contributed by atoms with Gasteiger partial charge < -0.3 is 23.4 Å². The lowest BCUT2D eigenvalue weighted by Crippen LogP contribution is -2.24. The molecule has 1 atom stereocenters. The predicted octanol–water partition coefficient (Wildman–Crippen LogP) is 3.53. The van der Waals surface area contributed by atoms with E-state index in [2.05, 4.69) is 4.74 Å². The van der Waals surface area contributed by atoms with Gasteiger partial charge in [-0.2, -0.15) is 0 Å². The maximum Gasteiger partial charge on any atom is 0.346 e. The van der Waals surface area contributed by atoms with E-state index in [1.165, 1.54) is 19.4 Å². The van der Waals surface area contributed by atoms with Gasteiger partial charge in [0.25, 0.3) is 0 Å². The Morgan fingerprint density at radius 2 is 1.67 bits per heavy atom. The molecule has 0 saturated carbocycles. The Morgan fingerprint density at radius 3 is 2.33 bits per heavy atom. The topological polar surface area (TPSA) is 84.2 Å². The van der Waals surface area contributed by atoms with Gasteiger partial charge in [-0.05, 0) is 43.3 Å².